The molecule has 1 aliphatic heterocycles. The molecule has 1 heterocycles. The minimum atomic E-state index is 0.517. The number of likely N-dealkylation sites (tertiary alicyclic amines) is 1. The van der Waals surface area contributed by atoms with E-state index < -0.39 is 0 Å². The zero-order chi connectivity index (χ0) is 13.1. The van der Waals surface area contributed by atoms with Crippen LogP contribution in [0.3, 0.4) is 0 Å². The Kier molecular flexibility index (Phi) is 5.07. The van der Waals surface area contributed by atoms with Crippen LogP contribution in [0, 0.1) is 16.7 Å². The van der Waals surface area contributed by atoms with Crippen LogP contribution in [0.25, 0.3) is 0 Å². The first kappa shape index (κ1) is 15.0. The monoisotopic (exact) mass is 239 g/mol. The smallest absolute Gasteiger partial charge is 0.00270 e. The highest BCUT2D eigenvalue weighted by Crippen LogP contribution is 2.33. The number of hydrogen-bond donors (Lipinski definition) is 0. The average Bonchev–Trinajstić information content (AvgIpc) is 2.02. The van der Waals surface area contributed by atoms with Gasteiger partial charge in [-0.1, -0.05) is 54.4 Å². The molecule has 0 atom stereocenters. The van der Waals surface area contributed by atoms with E-state index in [1.807, 2.05) is 0 Å². The molecular formula is C16H33N. The molecule has 0 spiro atoms. The first-order valence-electron chi connectivity index (χ1n) is 7.41. The number of rotatable bonds is 5. The minimum Gasteiger partial charge on any atom is -0.303 e. The fourth-order valence-electron chi connectivity index (χ4n) is 2.47. The van der Waals surface area contributed by atoms with Crippen molar-refractivity contribution in [2.75, 3.05) is 19.6 Å². The van der Waals surface area contributed by atoms with Crippen LogP contribution in [0.15, 0.2) is 0 Å². The van der Waals surface area contributed by atoms with Crippen molar-refractivity contribution in [1.29, 1.82) is 0 Å². The van der Waals surface area contributed by atoms with Gasteiger partial charge in [0.15, 0.2) is 0 Å². The van der Waals surface area contributed by atoms with Gasteiger partial charge in [0.25, 0.3) is 0 Å². The Morgan fingerprint density at radius 1 is 0.882 bits per heavy atom. The summed E-state index contributed by atoms with van der Waals surface area (Å²) in [7, 11) is 0. The third-order valence-electron chi connectivity index (χ3n) is 4.08. The maximum absolute atomic E-state index is 2.63. The van der Waals surface area contributed by atoms with Crippen molar-refractivity contribution in [1.82, 2.24) is 4.90 Å². The molecule has 0 aromatic rings. The van der Waals surface area contributed by atoms with Crippen LogP contribution >= 0.6 is 0 Å². The van der Waals surface area contributed by atoms with Gasteiger partial charge >= 0.3 is 0 Å². The summed E-state index contributed by atoms with van der Waals surface area (Å²) in [5.41, 5.74) is 1.04. The van der Waals surface area contributed by atoms with Crippen LogP contribution in [0.1, 0.15) is 67.2 Å². The molecule has 0 N–H and O–H groups in total. The molecule has 0 aromatic heterocycles. The Morgan fingerprint density at radius 2 is 1.47 bits per heavy atom. The van der Waals surface area contributed by atoms with Gasteiger partial charge in [-0.05, 0) is 36.1 Å². The third kappa shape index (κ3) is 5.90. The van der Waals surface area contributed by atoms with Gasteiger partial charge in [0, 0.05) is 13.1 Å². The Bertz CT molecular complexity index is 213. The van der Waals surface area contributed by atoms with Gasteiger partial charge in [-0.25, -0.2) is 0 Å². The fourth-order valence-corrected chi connectivity index (χ4v) is 2.47. The Labute approximate surface area is 109 Å². The van der Waals surface area contributed by atoms with Crippen LogP contribution in [0.4, 0.5) is 0 Å². The van der Waals surface area contributed by atoms with E-state index in [9.17, 15) is 0 Å². The van der Waals surface area contributed by atoms with Gasteiger partial charge in [-0.3, -0.25) is 0 Å². The van der Waals surface area contributed by atoms with E-state index in [-0.39, 0.29) is 0 Å². The summed E-state index contributed by atoms with van der Waals surface area (Å²) in [6.07, 6.45) is 5.58. The molecule has 17 heavy (non-hydrogen) atoms. The van der Waals surface area contributed by atoms with Crippen LogP contribution in [-0.4, -0.2) is 24.5 Å². The quantitative estimate of drug-likeness (QED) is 0.635. The second-order valence-electron chi connectivity index (χ2n) is 8.19. The normalized spacial score (nSPS) is 19.4. The molecule has 0 saturated carbocycles. The second-order valence-corrected chi connectivity index (χ2v) is 8.19. The highest BCUT2D eigenvalue weighted by molar-refractivity contribution is 4.87. The van der Waals surface area contributed by atoms with Crippen LogP contribution < -0.4 is 0 Å². The second kappa shape index (κ2) is 5.73. The van der Waals surface area contributed by atoms with Crippen LogP contribution in [0.2, 0.25) is 0 Å². The summed E-state index contributed by atoms with van der Waals surface area (Å²) >= 11 is 0. The Hall–Kier alpha value is -0.0400. The molecule has 1 saturated heterocycles. The lowest BCUT2D eigenvalue weighted by molar-refractivity contribution is 0.0237. The highest BCUT2D eigenvalue weighted by atomic mass is 15.2. The van der Waals surface area contributed by atoms with Crippen molar-refractivity contribution in [2.24, 2.45) is 16.7 Å². The van der Waals surface area contributed by atoms with E-state index in [1.165, 1.54) is 45.3 Å². The topological polar surface area (TPSA) is 3.24 Å². The largest absolute Gasteiger partial charge is 0.303 e. The van der Waals surface area contributed by atoms with Crippen molar-refractivity contribution in [3.8, 4) is 0 Å². The summed E-state index contributed by atoms with van der Waals surface area (Å²) in [5, 5.41) is 0. The molecule has 1 rings (SSSR count). The maximum Gasteiger partial charge on any atom is 0.00270 e. The molecule has 0 aliphatic carbocycles. The lowest BCUT2D eigenvalue weighted by Gasteiger charge is -2.46. The lowest BCUT2D eigenvalue weighted by atomic mass is 9.76. The van der Waals surface area contributed by atoms with Crippen LogP contribution in [0.5, 0.6) is 0 Å². The third-order valence-corrected chi connectivity index (χ3v) is 4.08. The van der Waals surface area contributed by atoms with Gasteiger partial charge in [0.1, 0.15) is 0 Å². The Morgan fingerprint density at radius 3 is 1.94 bits per heavy atom. The van der Waals surface area contributed by atoms with E-state index in [4.69, 9.17) is 0 Å². The fraction of sp³-hybridized carbons (Fsp3) is 1.00. The summed E-state index contributed by atoms with van der Waals surface area (Å²) in [6, 6.07) is 0. The zero-order valence-corrected chi connectivity index (χ0v) is 13.0. The number of unbranched alkanes of at least 4 members (excludes halogenated alkanes) is 2. The standard InChI is InChI=1S/C16H33N/c1-15(2,3)10-8-7-9-11-17-12-14(13-17)16(4,5)6/h14H,7-13H2,1-6H3. The molecule has 1 heteroatoms. The molecular weight excluding hydrogens is 206 g/mol. The van der Waals surface area contributed by atoms with Gasteiger partial charge in [0.05, 0.1) is 0 Å². The summed E-state index contributed by atoms with van der Waals surface area (Å²) in [4.78, 5) is 2.63. The first-order valence-corrected chi connectivity index (χ1v) is 7.41. The van der Waals surface area contributed by atoms with Gasteiger partial charge in [0.2, 0.25) is 0 Å². The number of hydrogen-bond acceptors (Lipinski definition) is 1. The van der Waals surface area contributed by atoms with Crippen molar-refractivity contribution >= 4 is 0 Å². The zero-order valence-electron chi connectivity index (χ0n) is 13.0. The van der Waals surface area contributed by atoms with Crippen molar-refractivity contribution in [3.05, 3.63) is 0 Å². The summed E-state index contributed by atoms with van der Waals surface area (Å²) < 4.78 is 0. The van der Waals surface area contributed by atoms with E-state index >= 15 is 0 Å². The molecule has 1 nitrogen and oxygen atoms in total. The maximum atomic E-state index is 2.63. The minimum absolute atomic E-state index is 0.517. The highest BCUT2D eigenvalue weighted by Gasteiger charge is 2.34. The van der Waals surface area contributed by atoms with E-state index in [2.05, 4.69) is 46.4 Å². The molecule has 102 valence electrons. The van der Waals surface area contributed by atoms with E-state index in [0.29, 0.717) is 10.8 Å². The summed E-state index contributed by atoms with van der Waals surface area (Å²) in [5.74, 6) is 0.928. The molecule has 1 aliphatic rings. The van der Waals surface area contributed by atoms with Crippen molar-refractivity contribution < 1.29 is 0 Å². The molecule has 0 aromatic carbocycles. The van der Waals surface area contributed by atoms with E-state index in [0.717, 1.165) is 5.92 Å². The van der Waals surface area contributed by atoms with Crippen molar-refractivity contribution in [2.45, 2.75) is 67.2 Å². The molecule has 0 radical (unpaired) electrons. The SMILES string of the molecule is CC(C)(C)CCCCCN1CC(C(C)(C)C)C1. The predicted molar refractivity (Wildman–Crippen MR) is 77.3 cm³/mol. The Balaban J connectivity index is 1.97. The van der Waals surface area contributed by atoms with Crippen molar-refractivity contribution in [3.63, 3.8) is 0 Å². The first-order chi connectivity index (χ1) is 7.68. The predicted octanol–water partition coefficient (Wildman–Crippen LogP) is 4.57. The molecule has 0 unspecified atom stereocenters. The molecule has 1 fully saturated rings. The number of nitrogens with zero attached hydrogens (tertiary/aromatic N) is 1. The molecule has 0 amide bonds. The summed E-state index contributed by atoms with van der Waals surface area (Å²) in [6.45, 7) is 18.2. The van der Waals surface area contributed by atoms with E-state index in [1.54, 1.807) is 0 Å². The lowest BCUT2D eigenvalue weighted by Crippen LogP contribution is -2.52. The van der Waals surface area contributed by atoms with Gasteiger partial charge in [-0.2, -0.15) is 0 Å². The van der Waals surface area contributed by atoms with Gasteiger partial charge < -0.3 is 4.90 Å². The van der Waals surface area contributed by atoms with Gasteiger partial charge in [-0.15, -0.1) is 0 Å². The molecule has 0 bridgehead atoms. The average molecular weight is 239 g/mol. The van der Waals surface area contributed by atoms with Crippen LogP contribution in [-0.2, 0) is 0 Å².